The Morgan fingerprint density at radius 3 is 2.44 bits per heavy atom. The van der Waals surface area contributed by atoms with Crippen molar-refractivity contribution in [3.63, 3.8) is 0 Å². The zero-order valence-corrected chi connectivity index (χ0v) is 19.6. The first-order valence-corrected chi connectivity index (χ1v) is 12.9. The summed E-state index contributed by atoms with van der Waals surface area (Å²) < 4.78 is 32.9. The van der Waals surface area contributed by atoms with Crippen LogP contribution in [0.25, 0.3) is 0 Å². The number of nitriles is 1. The summed E-state index contributed by atoms with van der Waals surface area (Å²) in [6.45, 7) is -0.116. The number of carbonyl (C=O) groups is 2. The number of hydrogen-bond acceptors (Lipinski definition) is 6. The van der Waals surface area contributed by atoms with Crippen molar-refractivity contribution in [2.24, 2.45) is 0 Å². The third kappa shape index (κ3) is 4.92. The van der Waals surface area contributed by atoms with Gasteiger partial charge in [0.05, 0.1) is 22.2 Å². The number of amides is 1. The Hall–Kier alpha value is -3.38. The summed E-state index contributed by atoms with van der Waals surface area (Å²) in [5, 5.41) is 12.2. The smallest absolute Gasteiger partial charge is 0.338 e. The molecular formula is C25H27N3O5S. The van der Waals surface area contributed by atoms with Crippen LogP contribution < -0.4 is 9.62 Å². The number of hydrogen-bond donors (Lipinski definition) is 1. The standard InChI is InChI=1S/C25H27N3O5S/c26-18-25(14-4-1-5-15-25)27-23(29)17-33-24(30)20-10-12-21(13-11-20)34(31,32)28-16-6-8-19-7-2-3-9-22(19)28/h2-3,7,9-13H,1,4-6,8,14-17H2,(H,27,29). The van der Waals surface area contributed by atoms with E-state index in [4.69, 9.17) is 4.74 Å². The summed E-state index contributed by atoms with van der Waals surface area (Å²) in [5.41, 5.74) is 0.905. The second-order valence-electron chi connectivity index (χ2n) is 8.71. The number of benzene rings is 2. The SMILES string of the molecule is N#CC1(NC(=O)COC(=O)c2ccc(S(=O)(=O)N3CCCc4ccccc43)cc2)CCCCC1. The Labute approximate surface area is 199 Å². The van der Waals surface area contributed by atoms with Crippen molar-refractivity contribution in [1.82, 2.24) is 5.32 Å². The summed E-state index contributed by atoms with van der Waals surface area (Å²) in [7, 11) is -3.78. The first kappa shape index (κ1) is 23.8. The highest BCUT2D eigenvalue weighted by molar-refractivity contribution is 7.92. The second-order valence-corrected chi connectivity index (χ2v) is 10.6. The Bertz CT molecular complexity index is 1210. The molecule has 1 saturated carbocycles. The molecule has 0 saturated heterocycles. The number of anilines is 1. The van der Waals surface area contributed by atoms with Crippen LogP contribution in [0.15, 0.2) is 53.4 Å². The molecule has 2 aliphatic rings. The van der Waals surface area contributed by atoms with Crippen molar-refractivity contribution in [1.29, 1.82) is 5.26 Å². The van der Waals surface area contributed by atoms with Gasteiger partial charge in [-0.25, -0.2) is 13.2 Å². The number of carbonyl (C=O) groups excluding carboxylic acids is 2. The van der Waals surface area contributed by atoms with Crippen molar-refractivity contribution in [3.05, 3.63) is 59.7 Å². The number of aryl methyl sites for hydroxylation is 1. The van der Waals surface area contributed by atoms with Crippen LogP contribution in [0.2, 0.25) is 0 Å². The van der Waals surface area contributed by atoms with Gasteiger partial charge in [-0.05, 0) is 61.6 Å². The molecule has 178 valence electrons. The van der Waals surface area contributed by atoms with Crippen molar-refractivity contribution < 1.29 is 22.7 Å². The van der Waals surface area contributed by atoms with Crippen LogP contribution in [0.1, 0.15) is 54.4 Å². The zero-order valence-electron chi connectivity index (χ0n) is 18.8. The topological polar surface area (TPSA) is 117 Å². The maximum absolute atomic E-state index is 13.2. The largest absolute Gasteiger partial charge is 0.452 e. The highest BCUT2D eigenvalue weighted by Gasteiger charge is 2.34. The number of esters is 1. The molecule has 9 heteroatoms. The van der Waals surface area contributed by atoms with E-state index in [2.05, 4.69) is 11.4 Å². The van der Waals surface area contributed by atoms with E-state index in [-0.39, 0.29) is 10.5 Å². The maximum atomic E-state index is 13.2. The first-order valence-electron chi connectivity index (χ1n) is 11.4. The van der Waals surface area contributed by atoms with E-state index in [1.165, 1.54) is 28.6 Å². The number of nitrogens with zero attached hydrogens (tertiary/aromatic N) is 2. The fourth-order valence-corrected chi connectivity index (χ4v) is 6.12. The average molecular weight is 482 g/mol. The normalized spacial score (nSPS) is 17.2. The van der Waals surface area contributed by atoms with Gasteiger partial charge < -0.3 is 10.1 Å². The summed E-state index contributed by atoms with van der Waals surface area (Å²) in [6, 6.07) is 15.1. The van der Waals surface area contributed by atoms with Gasteiger partial charge >= 0.3 is 5.97 Å². The van der Waals surface area contributed by atoms with Crippen LogP contribution in [0.3, 0.4) is 0 Å². The molecule has 0 spiro atoms. The van der Waals surface area contributed by atoms with Crippen molar-refractivity contribution in [2.75, 3.05) is 17.5 Å². The van der Waals surface area contributed by atoms with Gasteiger partial charge in [-0.15, -0.1) is 0 Å². The lowest BCUT2D eigenvalue weighted by molar-refractivity contribution is -0.125. The van der Waals surface area contributed by atoms with Crippen LogP contribution in [0, 0.1) is 11.3 Å². The number of nitrogens with one attached hydrogen (secondary N) is 1. The van der Waals surface area contributed by atoms with Crippen molar-refractivity contribution >= 4 is 27.6 Å². The third-order valence-corrected chi connectivity index (χ3v) is 8.21. The van der Waals surface area contributed by atoms with Crippen LogP contribution >= 0.6 is 0 Å². The van der Waals surface area contributed by atoms with Gasteiger partial charge in [0, 0.05) is 6.54 Å². The molecule has 0 radical (unpaired) electrons. The highest BCUT2D eigenvalue weighted by Crippen LogP contribution is 2.32. The fraction of sp³-hybridized carbons (Fsp3) is 0.400. The summed E-state index contributed by atoms with van der Waals surface area (Å²) in [4.78, 5) is 24.7. The van der Waals surface area contributed by atoms with Gasteiger partial charge in [-0.2, -0.15) is 5.26 Å². The van der Waals surface area contributed by atoms with E-state index >= 15 is 0 Å². The minimum atomic E-state index is -3.78. The maximum Gasteiger partial charge on any atom is 0.338 e. The van der Waals surface area contributed by atoms with Crippen molar-refractivity contribution in [3.8, 4) is 6.07 Å². The number of fused-ring (bicyclic) bond motifs is 1. The Balaban J connectivity index is 1.39. The van der Waals surface area contributed by atoms with Gasteiger partial charge in [-0.1, -0.05) is 37.5 Å². The minimum Gasteiger partial charge on any atom is -0.452 e. The molecule has 8 nitrogen and oxygen atoms in total. The first-order chi connectivity index (χ1) is 16.3. The van der Waals surface area contributed by atoms with E-state index in [1.54, 1.807) is 6.07 Å². The summed E-state index contributed by atoms with van der Waals surface area (Å²) in [5.74, 6) is -1.27. The predicted octanol–water partition coefficient (Wildman–Crippen LogP) is 3.33. The zero-order chi connectivity index (χ0) is 24.2. The molecule has 1 amide bonds. The minimum absolute atomic E-state index is 0.0757. The number of sulfonamides is 1. The molecule has 34 heavy (non-hydrogen) atoms. The molecular weight excluding hydrogens is 454 g/mol. The number of rotatable bonds is 6. The lowest BCUT2D eigenvalue weighted by Crippen LogP contribution is -2.50. The monoisotopic (exact) mass is 481 g/mol. The number of para-hydroxylation sites is 1. The van der Waals surface area contributed by atoms with E-state index in [9.17, 15) is 23.3 Å². The molecule has 1 fully saturated rings. The highest BCUT2D eigenvalue weighted by atomic mass is 32.2. The summed E-state index contributed by atoms with van der Waals surface area (Å²) >= 11 is 0. The Kier molecular flexibility index (Phi) is 6.89. The molecule has 0 atom stereocenters. The number of ether oxygens (including phenoxy) is 1. The van der Waals surface area contributed by atoms with E-state index < -0.39 is 34.0 Å². The lowest BCUT2D eigenvalue weighted by Gasteiger charge is -2.31. The molecule has 0 bridgehead atoms. The third-order valence-electron chi connectivity index (χ3n) is 6.38. The van der Waals surface area contributed by atoms with Gasteiger partial charge in [0.1, 0.15) is 5.54 Å². The van der Waals surface area contributed by atoms with Crippen LogP contribution in [-0.2, 0) is 26.0 Å². The van der Waals surface area contributed by atoms with Gasteiger partial charge in [-0.3, -0.25) is 9.10 Å². The van der Waals surface area contributed by atoms with Crippen LogP contribution in [0.5, 0.6) is 0 Å². The molecule has 1 aliphatic heterocycles. The molecule has 1 heterocycles. The van der Waals surface area contributed by atoms with Gasteiger partial charge in [0.15, 0.2) is 6.61 Å². The predicted molar refractivity (Wildman–Crippen MR) is 126 cm³/mol. The Morgan fingerprint density at radius 1 is 1.03 bits per heavy atom. The van der Waals surface area contributed by atoms with Gasteiger partial charge in [0.2, 0.25) is 0 Å². The van der Waals surface area contributed by atoms with Crippen molar-refractivity contribution in [2.45, 2.75) is 55.4 Å². The second kappa shape index (κ2) is 9.85. The molecule has 2 aromatic carbocycles. The molecule has 0 aromatic heterocycles. The van der Waals surface area contributed by atoms with Crippen LogP contribution in [-0.4, -0.2) is 39.0 Å². The molecule has 1 N–H and O–H groups in total. The van der Waals surface area contributed by atoms with E-state index in [0.29, 0.717) is 25.1 Å². The summed E-state index contributed by atoms with van der Waals surface area (Å²) in [6.07, 6.45) is 5.50. The lowest BCUT2D eigenvalue weighted by atomic mass is 9.83. The Morgan fingerprint density at radius 2 is 1.74 bits per heavy atom. The van der Waals surface area contributed by atoms with E-state index in [0.717, 1.165) is 37.7 Å². The van der Waals surface area contributed by atoms with Gasteiger partial charge in [0.25, 0.3) is 15.9 Å². The fourth-order valence-electron chi connectivity index (χ4n) is 4.58. The molecule has 1 aliphatic carbocycles. The molecule has 2 aromatic rings. The molecule has 4 rings (SSSR count). The van der Waals surface area contributed by atoms with E-state index in [1.807, 2.05) is 18.2 Å². The average Bonchev–Trinajstić information content (AvgIpc) is 2.87. The quantitative estimate of drug-likeness (QED) is 0.633. The van der Waals surface area contributed by atoms with Crippen LogP contribution in [0.4, 0.5) is 5.69 Å². The molecule has 0 unspecified atom stereocenters.